The number of halogens is 2. The summed E-state index contributed by atoms with van der Waals surface area (Å²) in [5.41, 5.74) is -1.29. The number of amides is 1. The van der Waals surface area contributed by atoms with Gasteiger partial charge in [0, 0.05) is 5.02 Å². The van der Waals surface area contributed by atoms with E-state index in [4.69, 9.17) is 32.4 Å². The number of furan rings is 1. The predicted octanol–water partition coefficient (Wildman–Crippen LogP) is 2.99. The van der Waals surface area contributed by atoms with Crippen molar-refractivity contribution in [3.05, 3.63) is 52.4 Å². The molecule has 1 heterocycles. The number of carbonyl (C=O) groups is 1. The Hall–Kier alpha value is -1.69. The number of nitrogens with one attached hydrogen (secondary N) is 1. The second-order valence-corrected chi connectivity index (χ2v) is 5.73. The molecule has 2 N–H and O–H groups in total. The van der Waals surface area contributed by atoms with Crippen LogP contribution in [0.1, 0.15) is 12.7 Å². The largest absolute Gasteiger partial charge is 0.482 e. The van der Waals surface area contributed by atoms with Crippen LogP contribution in [0.2, 0.25) is 10.0 Å². The summed E-state index contributed by atoms with van der Waals surface area (Å²) < 4.78 is 10.4. The molecule has 5 nitrogen and oxygen atoms in total. The van der Waals surface area contributed by atoms with Crippen molar-refractivity contribution in [1.29, 1.82) is 0 Å². The molecule has 0 aliphatic heterocycles. The molecule has 0 fully saturated rings. The van der Waals surface area contributed by atoms with Gasteiger partial charge in [0.1, 0.15) is 17.1 Å². The molecule has 0 unspecified atom stereocenters. The van der Waals surface area contributed by atoms with Crippen LogP contribution in [0.3, 0.4) is 0 Å². The summed E-state index contributed by atoms with van der Waals surface area (Å²) >= 11 is 11.7. The Kier molecular flexibility index (Phi) is 5.34. The Morgan fingerprint density at radius 1 is 1.41 bits per heavy atom. The Morgan fingerprint density at radius 2 is 2.18 bits per heavy atom. The van der Waals surface area contributed by atoms with Crippen LogP contribution in [0.15, 0.2) is 41.0 Å². The topological polar surface area (TPSA) is 71.7 Å². The highest BCUT2D eigenvalue weighted by Crippen LogP contribution is 2.27. The van der Waals surface area contributed by atoms with Gasteiger partial charge >= 0.3 is 0 Å². The summed E-state index contributed by atoms with van der Waals surface area (Å²) in [5, 5.41) is 13.6. The Morgan fingerprint density at radius 3 is 2.82 bits per heavy atom. The zero-order chi connectivity index (χ0) is 16.2. The number of rotatable bonds is 6. The summed E-state index contributed by atoms with van der Waals surface area (Å²) in [6.07, 6.45) is 1.46. The second-order valence-electron chi connectivity index (χ2n) is 4.89. The van der Waals surface area contributed by atoms with Gasteiger partial charge in [0.05, 0.1) is 17.8 Å². The van der Waals surface area contributed by atoms with Crippen LogP contribution in [0, 0.1) is 0 Å². The Bertz CT molecular complexity index is 641. The number of ether oxygens (including phenoxy) is 1. The molecule has 0 saturated carbocycles. The van der Waals surface area contributed by atoms with Crippen molar-refractivity contribution in [1.82, 2.24) is 5.32 Å². The maximum atomic E-state index is 11.8. The lowest BCUT2D eigenvalue weighted by atomic mass is 10.0. The molecular formula is C15H15Cl2NO4. The molecule has 1 aromatic carbocycles. The number of hydrogen-bond donors (Lipinski definition) is 2. The Balaban J connectivity index is 1.83. The van der Waals surface area contributed by atoms with Gasteiger partial charge in [0.2, 0.25) is 0 Å². The average molecular weight is 344 g/mol. The third-order valence-electron chi connectivity index (χ3n) is 2.93. The molecule has 0 aliphatic rings. The van der Waals surface area contributed by atoms with E-state index in [0.29, 0.717) is 21.6 Å². The number of carbonyl (C=O) groups excluding carboxylic acids is 1. The van der Waals surface area contributed by atoms with Crippen molar-refractivity contribution in [2.45, 2.75) is 12.5 Å². The summed E-state index contributed by atoms with van der Waals surface area (Å²) in [6.45, 7) is 1.32. The van der Waals surface area contributed by atoms with E-state index in [1.54, 1.807) is 31.2 Å². The SMILES string of the molecule is C[C@@](O)(CNC(=O)COc1ccc(Cl)cc1Cl)c1ccco1. The third kappa shape index (κ3) is 4.40. The molecule has 7 heteroatoms. The maximum Gasteiger partial charge on any atom is 0.258 e. The van der Waals surface area contributed by atoms with Crippen molar-refractivity contribution >= 4 is 29.1 Å². The van der Waals surface area contributed by atoms with E-state index in [1.165, 1.54) is 12.3 Å². The lowest BCUT2D eigenvalue weighted by Gasteiger charge is -2.21. The molecule has 1 atom stereocenters. The van der Waals surface area contributed by atoms with Crippen molar-refractivity contribution < 1.29 is 19.1 Å². The molecule has 0 aliphatic carbocycles. The lowest BCUT2D eigenvalue weighted by molar-refractivity contribution is -0.124. The van der Waals surface area contributed by atoms with Crippen LogP contribution >= 0.6 is 23.2 Å². The van der Waals surface area contributed by atoms with E-state index >= 15 is 0 Å². The van der Waals surface area contributed by atoms with Crippen LogP contribution in [-0.2, 0) is 10.4 Å². The fourth-order valence-electron chi connectivity index (χ4n) is 1.73. The first-order chi connectivity index (χ1) is 10.4. The predicted molar refractivity (Wildman–Crippen MR) is 83.2 cm³/mol. The zero-order valence-corrected chi connectivity index (χ0v) is 13.3. The summed E-state index contributed by atoms with van der Waals surface area (Å²) in [4.78, 5) is 11.8. The average Bonchev–Trinajstić information content (AvgIpc) is 2.99. The zero-order valence-electron chi connectivity index (χ0n) is 11.8. The van der Waals surface area contributed by atoms with Gasteiger partial charge in [-0.1, -0.05) is 23.2 Å². The van der Waals surface area contributed by atoms with E-state index in [9.17, 15) is 9.90 Å². The number of hydrogen-bond acceptors (Lipinski definition) is 4. The smallest absolute Gasteiger partial charge is 0.258 e. The molecule has 0 bridgehead atoms. The van der Waals surface area contributed by atoms with E-state index in [1.807, 2.05) is 0 Å². The van der Waals surface area contributed by atoms with Gasteiger partial charge in [-0.15, -0.1) is 0 Å². The van der Waals surface area contributed by atoms with Crippen molar-refractivity contribution in [2.24, 2.45) is 0 Å². The van der Waals surface area contributed by atoms with Gasteiger partial charge in [0.15, 0.2) is 6.61 Å². The van der Waals surface area contributed by atoms with Gasteiger partial charge < -0.3 is 19.6 Å². The molecule has 22 heavy (non-hydrogen) atoms. The van der Waals surface area contributed by atoms with Crippen molar-refractivity contribution in [3.8, 4) is 5.75 Å². The van der Waals surface area contributed by atoms with E-state index in [-0.39, 0.29) is 13.2 Å². The quantitative estimate of drug-likeness (QED) is 0.845. The first-order valence-electron chi connectivity index (χ1n) is 6.49. The molecule has 0 spiro atoms. The lowest BCUT2D eigenvalue weighted by Crippen LogP contribution is -2.40. The number of benzene rings is 1. The van der Waals surface area contributed by atoms with E-state index in [0.717, 1.165) is 0 Å². The maximum absolute atomic E-state index is 11.8. The molecule has 2 aromatic rings. The highest BCUT2D eigenvalue weighted by atomic mass is 35.5. The highest BCUT2D eigenvalue weighted by molar-refractivity contribution is 6.35. The minimum absolute atomic E-state index is 0.00292. The molecule has 2 rings (SSSR count). The minimum atomic E-state index is -1.29. The van der Waals surface area contributed by atoms with Crippen LogP contribution < -0.4 is 10.1 Å². The van der Waals surface area contributed by atoms with Crippen LogP contribution in [0.4, 0.5) is 0 Å². The van der Waals surface area contributed by atoms with Crippen LogP contribution in [-0.4, -0.2) is 24.2 Å². The molecule has 1 aromatic heterocycles. The van der Waals surface area contributed by atoms with Gasteiger partial charge in [-0.25, -0.2) is 0 Å². The molecule has 0 saturated heterocycles. The summed E-state index contributed by atoms with van der Waals surface area (Å²) in [7, 11) is 0. The van der Waals surface area contributed by atoms with E-state index < -0.39 is 11.5 Å². The second kappa shape index (κ2) is 7.05. The fourth-order valence-corrected chi connectivity index (χ4v) is 2.19. The normalized spacial score (nSPS) is 13.5. The Labute approximate surface area is 137 Å². The van der Waals surface area contributed by atoms with Crippen molar-refractivity contribution in [3.63, 3.8) is 0 Å². The first-order valence-corrected chi connectivity index (χ1v) is 7.25. The first kappa shape index (κ1) is 16.7. The third-order valence-corrected chi connectivity index (χ3v) is 3.46. The molecular weight excluding hydrogens is 329 g/mol. The molecule has 1 amide bonds. The van der Waals surface area contributed by atoms with Crippen LogP contribution in [0.5, 0.6) is 5.75 Å². The molecule has 118 valence electrons. The van der Waals surface area contributed by atoms with Crippen molar-refractivity contribution in [2.75, 3.05) is 13.2 Å². The summed E-state index contributed by atoms with van der Waals surface area (Å²) in [6, 6.07) is 8.02. The highest BCUT2D eigenvalue weighted by Gasteiger charge is 2.26. The monoisotopic (exact) mass is 343 g/mol. The van der Waals surface area contributed by atoms with Gasteiger partial charge in [-0.2, -0.15) is 0 Å². The molecule has 0 radical (unpaired) electrons. The van der Waals surface area contributed by atoms with Gasteiger partial charge in [0.25, 0.3) is 5.91 Å². The van der Waals surface area contributed by atoms with Gasteiger partial charge in [-0.3, -0.25) is 4.79 Å². The standard InChI is InChI=1S/C15H15Cl2NO4/c1-15(20,13-3-2-6-21-13)9-18-14(19)8-22-12-5-4-10(16)7-11(12)17/h2-7,20H,8-9H2,1H3,(H,18,19)/t15-/m1/s1. The van der Waals surface area contributed by atoms with Gasteiger partial charge in [-0.05, 0) is 37.3 Å². The van der Waals surface area contributed by atoms with E-state index in [2.05, 4.69) is 5.32 Å². The summed E-state index contributed by atoms with van der Waals surface area (Å²) in [5.74, 6) is 0.339. The minimum Gasteiger partial charge on any atom is -0.482 e. The van der Waals surface area contributed by atoms with Crippen LogP contribution in [0.25, 0.3) is 0 Å². The fraction of sp³-hybridized carbons (Fsp3) is 0.267. The number of aliphatic hydroxyl groups is 1.